The third-order valence-electron chi connectivity index (χ3n) is 4.77. The fourth-order valence-corrected chi connectivity index (χ4v) is 3.42. The first-order chi connectivity index (χ1) is 13.6. The standard InChI is InChI=1S/C24H19NO3/c1-16(25-28-15-24(26)27)17-10-12-18(13-11-17)23-14-19-6-2-3-7-20(19)21-8-4-5-9-22(21)23/h2-14H,15H2,1H3,(H,26,27)/b25-16+. The summed E-state index contributed by atoms with van der Waals surface area (Å²) < 4.78 is 0. The van der Waals surface area contributed by atoms with Crippen molar-refractivity contribution >= 4 is 33.2 Å². The molecule has 0 atom stereocenters. The first kappa shape index (κ1) is 17.7. The molecular formula is C24H19NO3. The Kier molecular flexibility index (Phi) is 4.77. The molecule has 0 aromatic heterocycles. The lowest BCUT2D eigenvalue weighted by molar-refractivity contribution is -0.142. The van der Waals surface area contributed by atoms with Crippen LogP contribution in [0.5, 0.6) is 0 Å². The zero-order valence-electron chi connectivity index (χ0n) is 15.4. The number of rotatable bonds is 5. The molecule has 4 aromatic rings. The Bertz CT molecular complexity index is 1190. The average Bonchev–Trinajstić information content (AvgIpc) is 2.73. The first-order valence-electron chi connectivity index (χ1n) is 9.03. The van der Waals surface area contributed by atoms with Crippen LogP contribution in [0.2, 0.25) is 0 Å². The Morgan fingerprint density at radius 1 is 0.893 bits per heavy atom. The normalized spacial score (nSPS) is 11.7. The molecule has 0 aliphatic heterocycles. The molecule has 0 aliphatic carbocycles. The van der Waals surface area contributed by atoms with Crippen molar-refractivity contribution in [2.75, 3.05) is 6.61 Å². The molecule has 138 valence electrons. The molecular weight excluding hydrogens is 350 g/mol. The molecule has 1 N–H and O–H groups in total. The van der Waals surface area contributed by atoms with E-state index in [0.717, 1.165) is 11.1 Å². The van der Waals surface area contributed by atoms with Crippen molar-refractivity contribution in [3.05, 3.63) is 84.4 Å². The minimum atomic E-state index is -1.05. The second-order valence-corrected chi connectivity index (χ2v) is 6.61. The first-order valence-corrected chi connectivity index (χ1v) is 9.03. The lowest BCUT2D eigenvalue weighted by Gasteiger charge is -2.11. The van der Waals surface area contributed by atoms with E-state index in [0.29, 0.717) is 5.71 Å². The van der Waals surface area contributed by atoms with Crippen molar-refractivity contribution in [3.63, 3.8) is 0 Å². The van der Waals surface area contributed by atoms with Gasteiger partial charge < -0.3 is 9.94 Å². The molecule has 28 heavy (non-hydrogen) atoms. The molecule has 4 heteroatoms. The molecule has 0 spiro atoms. The summed E-state index contributed by atoms with van der Waals surface area (Å²) in [4.78, 5) is 15.3. The monoisotopic (exact) mass is 369 g/mol. The van der Waals surface area contributed by atoms with E-state index in [2.05, 4.69) is 71.9 Å². The van der Waals surface area contributed by atoms with Crippen LogP contribution < -0.4 is 0 Å². The molecule has 4 nitrogen and oxygen atoms in total. The molecule has 0 saturated heterocycles. The number of aliphatic carboxylic acids is 1. The van der Waals surface area contributed by atoms with Gasteiger partial charge >= 0.3 is 5.97 Å². The van der Waals surface area contributed by atoms with Gasteiger partial charge in [-0.2, -0.15) is 0 Å². The number of oxime groups is 1. The van der Waals surface area contributed by atoms with Crippen LogP contribution in [0.4, 0.5) is 0 Å². The molecule has 0 unspecified atom stereocenters. The number of carboxylic acid groups (broad SMARTS) is 1. The van der Waals surface area contributed by atoms with Gasteiger partial charge in [0.1, 0.15) is 0 Å². The molecule has 0 radical (unpaired) electrons. The third-order valence-corrected chi connectivity index (χ3v) is 4.77. The van der Waals surface area contributed by atoms with Gasteiger partial charge in [-0.3, -0.25) is 0 Å². The number of carbonyl (C=O) groups is 1. The van der Waals surface area contributed by atoms with Crippen LogP contribution in [-0.2, 0) is 9.63 Å². The summed E-state index contributed by atoms with van der Waals surface area (Å²) in [5.41, 5.74) is 3.82. The SMILES string of the molecule is C/C(=N\OCC(=O)O)c1ccc(-c2cc3ccccc3c3ccccc23)cc1. The summed E-state index contributed by atoms with van der Waals surface area (Å²) in [6, 6.07) is 27.1. The van der Waals surface area contributed by atoms with E-state index in [1.54, 1.807) is 6.92 Å². The number of hydrogen-bond acceptors (Lipinski definition) is 3. The highest BCUT2D eigenvalue weighted by atomic mass is 16.6. The number of benzene rings is 4. The van der Waals surface area contributed by atoms with Gasteiger partial charge in [0.2, 0.25) is 6.61 Å². The quantitative estimate of drug-likeness (QED) is 0.288. The van der Waals surface area contributed by atoms with Crippen molar-refractivity contribution in [3.8, 4) is 11.1 Å². The van der Waals surface area contributed by atoms with Gasteiger partial charge in [-0.25, -0.2) is 4.79 Å². The van der Waals surface area contributed by atoms with E-state index in [1.807, 2.05) is 12.1 Å². The maximum atomic E-state index is 10.5. The summed E-state index contributed by atoms with van der Waals surface area (Å²) in [6.07, 6.45) is 0. The van der Waals surface area contributed by atoms with Crippen LogP contribution in [0.3, 0.4) is 0 Å². The summed E-state index contributed by atoms with van der Waals surface area (Å²) in [5, 5.41) is 17.4. The molecule has 4 rings (SSSR count). The van der Waals surface area contributed by atoms with Gasteiger partial charge in [0.05, 0.1) is 5.71 Å². The number of hydrogen-bond donors (Lipinski definition) is 1. The maximum Gasteiger partial charge on any atom is 0.344 e. The minimum Gasteiger partial charge on any atom is -0.479 e. The average molecular weight is 369 g/mol. The zero-order chi connectivity index (χ0) is 19.5. The highest BCUT2D eigenvalue weighted by molar-refractivity contribution is 6.13. The number of nitrogens with zero attached hydrogens (tertiary/aromatic N) is 1. The highest BCUT2D eigenvalue weighted by Gasteiger charge is 2.09. The van der Waals surface area contributed by atoms with Gasteiger partial charge in [0.25, 0.3) is 0 Å². The van der Waals surface area contributed by atoms with Crippen LogP contribution in [-0.4, -0.2) is 23.4 Å². The van der Waals surface area contributed by atoms with Crippen LogP contribution >= 0.6 is 0 Å². The van der Waals surface area contributed by atoms with Gasteiger partial charge in [-0.05, 0) is 51.2 Å². The van der Waals surface area contributed by atoms with E-state index in [4.69, 9.17) is 9.94 Å². The molecule has 0 amide bonds. The van der Waals surface area contributed by atoms with E-state index in [9.17, 15) is 4.79 Å². The molecule has 0 fully saturated rings. The van der Waals surface area contributed by atoms with Crippen LogP contribution in [0.15, 0.2) is 84.0 Å². The summed E-state index contributed by atoms with van der Waals surface area (Å²) in [7, 11) is 0. The predicted molar refractivity (Wildman–Crippen MR) is 113 cm³/mol. The third kappa shape index (κ3) is 3.45. The molecule has 0 bridgehead atoms. The van der Waals surface area contributed by atoms with Crippen molar-refractivity contribution in [1.82, 2.24) is 0 Å². The fraction of sp³-hybridized carbons (Fsp3) is 0.0833. The maximum absolute atomic E-state index is 10.5. The van der Waals surface area contributed by atoms with E-state index >= 15 is 0 Å². The zero-order valence-corrected chi connectivity index (χ0v) is 15.4. The minimum absolute atomic E-state index is 0.446. The molecule has 0 saturated carbocycles. The van der Waals surface area contributed by atoms with Crippen LogP contribution in [0, 0.1) is 0 Å². The smallest absolute Gasteiger partial charge is 0.344 e. The second kappa shape index (κ2) is 7.53. The van der Waals surface area contributed by atoms with E-state index in [-0.39, 0.29) is 0 Å². The Balaban J connectivity index is 1.75. The summed E-state index contributed by atoms with van der Waals surface area (Å²) in [6.45, 7) is 1.35. The Labute approximate surface area is 162 Å². The van der Waals surface area contributed by atoms with Gasteiger partial charge in [-0.15, -0.1) is 0 Å². The van der Waals surface area contributed by atoms with Crippen molar-refractivity contribution in [2.24, 2.45) is 5.16 Å². The van der Waals surface area contributed by atoms with Crippen molar-refractivity contribution in [1.29, 1.82) is 0 Å². The summed E-state index contributed by atoms with van der Waals surface area (Å²) in [5.74, 6) is -1.05. The van der Waals surface area contributed by atoms with E-state index in [1.165, 1.54) is 27.1 Å². The Morgan fingerprint density at radius 2 is 1.54 bits per heavy atom. The molecule has 0 heterocycles. The summed E-state index contributed by atoms with van der Waals surface area (Å²) >= 11 is 0. The predicted octanol–water partition coefficient (Wildman–Crippen LogP) is 5.49. The van der Waals surface area contributed by atoms with Gasteiger partial charge in [-0.1, -0.05) is 78.0 Å². The molecule has 4 aromatic carbocycles. The Morgan fingerprint density at radius 3 is 2.25 bits per heavy atom. The van der Waals surface area contributed by atoms with Crippen molar-refractivity contribution in [2.45, 2.75) is 6.92 Å². The van der Waals surface area contributed by atoms with Crippen LogP contribution in [0.1, 0.15) is 12.5 Å². The molecule has 0 aliphatic rings. The number of carboxylic acids is 1. The second-order valence-electron chi connectivity index (χ2n) is 6.61. The van der Waals surface area contributed by atoms with Gasteiger partial charge in [0, 0.05) is 0 Å². The van der Waals surface area contributed by atoms with Crippen LogP contribution in [0.25, 0.3) is 32.7 Å². The van der Waals surface area contributed by atoms with Gasteiger partial charge in [0.15, 0.2) is 0 Å². The lowest BCUT2D eigenvalue weighted by atomic mass is 9.93. The lowest BCUT2D eigenvalue weighted by Crippen LogP contribution is -2.05. The van der Waals surface area contributed by atoms with Crippen molar-refractivity contribution < 1.29 is 14.7 Å². The highest BCUT2D eigenvalue weighted by Crippen LogP contribution is 2.34. The van der Waals surface area contributed by atoms with E-state index < -0.39 is 12.6 Å². The number of fused-ring (bicyclic) bond motifs is 3. The fourth-order valence-electron chi connectivity index (χ4n) is 3.42. The Hall–Kier alpha value is -3.66. The topological polar surface area (TPSA) is 58.9 Å². The largest absolute Gasteiger partial charge is 0.479 e.